The number of hydrogen-bond acceptors (Lipinski definition) is 14. The molecule has 0 aliphatic carbocycles. The molecule has 1 aliphatic heterocycles. The van der Waals surface area contributed by atoms with Gasteiger partial charge in [0.05, 0.1) is 31.0 Å². The molecule has 7 atom stereocenters. The van der Waals surface area contributed by atoms with E-state index in [9.17, 15) is 66.3 Å². The van der Waals surface area contributed by atoms with Crippen LogP contribution < -0.4 is 54.4 Å². The molecule has 2 rings (SSSR count). The predicted octanol–water partition coefficient (Wildman–Crippen LogP) is -4.65. The molecule has 1 saturated heterocycles. The fourth-order valence-corrected chi connectivity index (χ4v) is 8.07. The average molecular weight is 980 g/mol. The summed E-state index contributed by atoms with van der Waals surface area (Å²) >= 11 is 0. The van der Waals surface area contributed by atoms with E-state index in [1.165, 1.54) is 24.3 Å². The Hall–Kier alpha value is -6.86. The summed E-state index contributed by atoms with van der Waals surface area (Å²) in [4.78, 5) is 145. The number of amides is 11. The lowest BCUT2D eigenvalue weighted by atomic mass is 9.96. The summed E-state index contributed by atoms with van der Waals surface area (Å²) in [6.45, 7) is 5.54. The van der Waals surface area contributed by atoms with E-state index in [4.69, 9.17) is 17.2 Å². The minimum Gasteiger partial charge on any atom is -0.508 e. The molecule has 0 saturated carbocycles. The van der Waals surface area contributed by atoms with Gasteiger partial charge >= 0.3 is 0 Å². The van der Waals surface area contributed by atoms with Crippen LogP contribution in [-0.2, 0) is 69.0 Å². The number of nitrogens with two attached hydrogens (primary N) is 3. The molecule has 11 amide bonds. The van der Waals surface area contributed by atoms with E-state index in [1.807, 2.05) is 0 Å². The van der Waals surface area contributed by atoms with Gasteiger partial charge in [0.1, 0.15) is 42.0 Å². The summed E-state index contributed by atoms with van der Waals surface area (Å²) in [6, 6.07) is -3.70. The number of carbonyl (C=O) groups is 11. The third-order valence-electron chi connectivity index (χ3n) is 10.7. The van der Waals surface area contributed by atoms with E-state index in [0.29, 0.717) is 5.56 Å². The van der Waals surface area contributed by atoms with Crippen LogP contribution in [-0.4, -0.2) is 151 Å². The number of carbonyl (C=O) groups excluding carboxylic acids is 11. The highest BCUT2D eigenvalue weighted by molar-refractivity contribution is 7.91. The third kappa shape index (κ3) is 20.3. The van der Waals surface area contributed by atoms with Gasteiger partial charge in [0.25, 0.3) is 0 Å². The van der Waals surface area contributed by atoms with E-state index >= 15 is 0 Å². The van der Waals surface area contributed by atoms with Crippen LogP contribution in [0.5, 0.6) is 5.75 Å². The van der Waals surface area contributed by atoms with Crippen molar-refractivity contribution in [3.05, 3.63) is 29.8 Å². The molecule has 26 heteroatoms. The molecule has 378 valence electrons. The van der Waals surface area contributed by atoms with Crippen LogP contribution in [0.2, 0.25) is 0 Å². The van der Waals surface area contributed by atoms with E-state index < -0.39 is 174 Å². The third-order valence-corrected chi connectivity index (χ3v) is 12.4. The number of benzene rings is 1. The highest BCUT2D eigenvalue weighted by Crippen LogP contribution is 2.15. The van der Waals surface area contributed by atoms with Crippen LogP contribution >= 0.6 is 0 Å². The Kier molecular flexibility index (Phi) is 22.8. The average Bonchev–Trinajstić information content (AvgIpc) is 3.25. The monoisotopic (exact) mass is 979 g/mol. The number of likely N-dealkylation sites (N-methyl/N-ethyl adjacent to an activating group) is 1. The largest absolute Gasteiger partial charge is 0.508 e. The maximum Gasteiger partial charge on any atom is 0.245 e. The SMILES string of the molecule is CC[C@H](C)[C@@H]1NC(=O)[C@H](Cc2ccc(O)cc2)NC(=O)CCS(=O)(=O)CC[C@@H](C(=O)N(C)CC(=O)N[C@@H](CC(C)C)C(=O)NCC(N)=O)NC(=O)[C@H](CC(N)=O)NC(=O)[C@H](CCC(N)=O)NC1=O. The fraction of sp³-hybridized carbons (Fsp3) is 0.595. The maximum atomic E-state index is 14.0. The number of aromatic hydroxyl groups is 1. The minimum absolute atomic E-state index is 0.0930. The molecule has 0 radical (unpaired) electrons. The molecule has 1 aliphatic rings. The van der Waals surface area contributed by atoms with Crippen LogP contribution in [0.25, 0.3) is 0 Å². The van der Waals surface area contributed by atoms with Crippen LogP contribution in [0.3, 0.4) is 0 Å². The lowest BCUT2D eigenvalue weighted by Gasteiger charge is -2.29. The molecule has 0 unspecified atom stereocenters. The summed E-state index contributed by atoms with van der Waals surface area (Å²) in [5.41, 5.74) is 16.3. The van der Waals surface area contributed by atoms with E-state index in [0.717, 1.165) is 11.9 Å². The Morgan fingerprint density at radius 2 is 1.40 bits per heavy atom. The van der Waals surface area contributed by atoms with Gasteiger partial charge in [0.15, 0.2) is 9.84 Å². The van der Waals surface area contributed by atoms with Crippen molar-refractivity contribution in [2.75, 3.05) is 31.6 Å². The predicted molar refractivity (Wildman–Crippen MR) is 242 cm³/mol. The zero-order valence-electron chi connectivity index (χ0n) is 38.8. The molecule has 0 spiro atoms. The molecule has 1 aromatic carbocycles. The van der Waals surface area contributed by atoms with Crippen molar-refractivity contribution in [1.82, 2.24) is 42.1 Å². The van der Waals surface area contributed by atoms with Crippen molar-refractivity contribution in [1.29, 1.82) is 0 Å². The van der Waals surface area contributed by atoms with E-state index in [-0.39, 0.29) is 30.9 Å². The minimum atomic E-state index is -4.28. The van der Waals surface area contributed by atoms with Crippen molar-refractivity contribution < 1.29 is 66.3 Å². The standard InChI is InChI=1S/C42H65N11O14S/c1-6-23(4)36-41(64)49-26(11-12-31(43)55)38(61)51-30(19-32(44)56)39(62)50-27(42(65)53(5)21-35(59)48-28(17-22(2)3)37(60)46-20-33(45)57)13-15-68(66,67)16-14-34(58)47-29(40(63)52-36)18-24-7-9-25(54)10-8-24/h7-10,22-23,26-30,36,54H,6,11-21H2,1-5H3,(H2,43,55)(H2,44,56)(H2,45,57)(H,46,60)(H,47,58)(H,48,59)(H,49,64)(H,50,62)(H,51,61)(H,52,63)/t23-,26-,27-,28-,29-,30-,36-/m0/s1. The number of phenols is 1. The number of nitrogens with one attached hydrogen (secondary N) is 7. The molecule has 1 aromatic rings. The van der Waals surface area contributed by atoms with Crippen molar-refractivity contribution in [2.45, 2.75) is 115 Å². The Bertz CT molecular complexity index is 2140. The zero-order valence-corrected chi connectivity index (χ0v) is 39.6. The lowest BCUT2D eigenvalue weighted by molar-refractivity contribution is -0.140. The first-order valence-corrected chi connectivity index (χ1v) is 23.7. The number of hydrogen-bond donors (Lipinski definition) is 11. The zero-order chi connectivity index (χ0) is 51.5. The molecule has 68 heavy (non-hydrogen) atoms. The van der Waals surface area contributed by atoms with Crippen molar-refractivity contribution in [3.8, 4) is 5.75 Å². The number of phenolic OH excluding ortho intramolecular Hbond substituents is 1. The van der Waals surface area contributed by atoms with Crippen LogP contribution in [0.4, 0.5) is 0 Å². The first-order valence-electron chi connectivity index (χ1n) is 21.9. The highest BCUT2D eigenvalue weighted by atomic mass is 32.2. The second-order valence-electron chi connectivity index (χ2n) is 17.0. The Morgan fingerprint density at radius 3 is 1.97 bits per heavy atom. The number of sulfone groups is 1. The normalized spacial score (nSPS) is 21.8. The molecule has 1 heterocycles. The molecular formula is C42H65N11O14S. The summed E-state index contributed by atoms with van der Waals surface area (Å²) < 4.78 is 26.9. The number of rotatable bonds is 18. The molecule has 1 fully saturated rings. The maximum absolute atomic E-state index is 14.0. The van der Waals surface area contributed by atoms with Gasteiger partial charge in [-0.3, -0.25) is 52.7 Å². The summed E-state index contributed by atoms with van der Waals surface area (Å²) in [5.74, 6) is -13.2. The van der Waals surface area contributed by atoms with Gasteiger partial charge in [-0.2, -0.15) is 0 Å². The van der Waals surface area contributed by atoms with E-state index in [2.05, 4.69) is 37.2 Å². The highest BCUT2D eigenvalue weighted by Gasteiger charge is 2.36. The Balaban J connectivity index is 2.64. The van der Waals surface area contributed by atoms with Crippen LogP contribution in [0, 0.1) is 11.8 Å². The molecule has 25 nitrogen and oxygen atoms in total. The quantitative estimate of drug-likeness (QED) is 0.0659. The molecule has 0 bridgehead atoms. The summed E-state index contributed by atoms with van der Waals surface area (Å²) in [5, 5.41) is 26.7. The topological polar surface area (TPSA) is 408 Å². The van der Waals surface area contributed by atoms with Gasteiger partial charge in [0.2, 0.25) is 65.0 Å². The second kappa shape index (κ2) is 27.1. The van der Waals surface area contributed by atoms with Crippen molar-refractivity contribution >= 4 is 74.8 Å². The second-order valence-corrected chi connectivity index (χ2v) is 19.3. The van der Waals surface area contributed by atoms with Gasteiger partial charge in [-0.15, -0.1) is 0 Å². The van der Waals surface area contributed by atoms with Gasteiger partial charge in [-0.05, 0) is 48.8 Å². The van der Waals surface area contributed by atoms with Crippen molar-refractivity contribution in [2.24, 2.45) is 29.0 Å². The number of primary amides is 3. The van der Waals surface area contributed by atoms with Gasteiger partial charge in [-0.1, -0.05) is 46.2 Å². The Labute approximate surface area is 393 Å². The summed E-state index contributed by atoms with van der Waals surface area (Å²) in [7, 11) is -3.15. The van der Waals surface area contributed by atoms with Gasteiger partial charge < -0.3 is 64.4 Å². The molecule has 0 aromatic heterocycles. The van der Waals surface area contributed by atoms with Crippen molar-refractivity contribution in [3.63, 3.8) is 0 Å². The van der Waals surface area contributed by atoms with E-state index in [1.54, 1.807) is 27.7 Å². The Morgan fingerprint density at radius 1 is 0.794 bits per heavy atom. The lowest BCUT2D eigenvalue weighted by Crippen LogP contribution is -2.61. The smallest absolute Gasteiger partial charge is 0.245 e. The molecular weight excluding hydrogens is 915 g/mol. The first-order chi connectivity index (χ1) is 31.7. The van der Waals surface area contributed by atoms with Crippen LogP contribution in [0.1, 0.15) is 78.2 Å². The summed E-state index contributed by atoms with van der Waals surface area (Å²) in [6.07, 6.45) is -3.01. The van der Waals surface area contributed by atoms with Crippen LogP contribution in [0.15, 0.2) is 24.3 Å². The van der Waals surface area contributed by atoms with Gasteiger partial charge in [0, 0.05) is 26.3 Å². The number of nitrogens with zero attached hydrogens (tertiary/aromatic N) is 1. The van der Waals surface area contributed by atoms with Gasteiger partial charge in [-0.25, -0.2) is 8.42 Å². The molecule has 14 N–H and O–H groups in total. The fourth-order valence-electron chi connectivity index (χ4n) is 6.78. The first kappa shape index (κ1) is 57.3.